The molecule has 3 rings (SSSR count). The molecule has 0 spiro atoms. The quantitative estimate of drug-likeness (QED) is 0.751. The van der Waals surface area contributed by atoms with Crippen molar-refractivity contribution in [3.63, 3.8) is 0 Å². The van der Waals surface area contributed by atoms with Crippen molar-refractivity contribution in [3.05, 3.63) is 57.6 Å². The van der Waals surface area contributed by atoms with E-state index in [1.54, 1.807) is 0 Å². The Hall–Kier alpha value is -1.96. The van der Waals surface area contributed by atoms with Crippen molar-refractivity contribution in [2.24, 2.45) is 0 Å². The normalized spacial score (nSPS) is 22.0. The van der Waals surface area contributed by atoms with Crippen molar-refractivity contribution in [2.75, 3.05) is 0 Å². The molecule has 128 valence electrons. The Morgan fingerprint density at radius 3 is 2.04 bits per heavy atom. The summed E-state index contributed by atoms with van der Waals surface area (Å²) in [6, 6.07) is 8.71. The Morgan fingerprint density at radius 2 is 1.46 bits per heavy atom. The summed E-state index contributed by atoms with van der Waals surface area (Å²) in [4.78, 5) is 0. The van der Waals surface area contributed by atoms with Crippen LogP contribution in [-0.4, -0.2) is 10.7 Å². The summed E-state index contributed by atoms with van der Waals surface area (Å²) in [7, 11) is 0. The molecule has 0 fully saturated rings. The molecule has 1 unspecified atom stereocenters. The maximum atomic E-state index is 10.2. The van der Waals surface area contributed by atoms with Gasteiger partial charge in [-0.1, -0.05) is 36.8 Å². The third-order valence-electron chi connectivity index (χ3n) is 5.30. The van der Waals surface area contributed by atoms with Crippen molar-refractivity contribution in [1.82, 2.24) is 0 Å². The van der Waals surface area contributed by atoms with E-state index >= 15 is 0 Å². The molecule has 2 aromatic rings. The number of ether oxygens (including phenoxy) is 1. The molecule has 0 radical (unpaired) electrons. The third kappa shape index (κ3) is 2.58. The number of benzene rings is 2. The lowest BCUT2D eigenvalue weighted by molar-refractivity contribution is 0.0573. The van der Waals surface area contributed by atoms with Crippen LogP contribution in [0.3, 0.4) is 0 Å². The second-order valence-electron chi connectivity index (χ2n) is 8.29. The lowest BCUT2D eigenvalue weighted by Gasteiger charge is -2.45. The smallest absolute Gasteiger partial charge is 0.127 e. The largest absolute Gasteiger partial charge is 0.507 e. The second kappa shape index (κ2) is 5.27. The highest BCUT2D eigenvalue weighted by Gasteiger charge is 2.44. The van der Waals surface area contributed by atoms with Crippen LogP contribution >= 0.6 is 0 Å². The summed E-state index contributed by atoms with van der Waals surface area (Å²) in [6.45, 7) is 14.8. The van der Waals surface area contributed by atoms with Crippen LogP contribution in [0.25, 0.3) is 0 Å². The molecule has 0 saturated carbocycles. The summed E-state index contributed by atoms with van der Waals surface area (Å²) in [6.07, 6.45) is 0.902. The van der Waals surface area contributed by atoms with Crippen molar-refractivity contribution < 1.29 is 9.84 Å². The lowest BCUT2D eigenvalue weighted by Crippen LogP contribution is -2.43. The van der Waals surface area contributed by atoms with E-state index in [4.69, 9.17) is 4.74 Å². The minimum atomic E-state index is -0.235. The van der Waals surface area contributed by atoms with Gasteiger partial charge in [-0.05, 0) is 63.8 Å². The monoisotopic (exact) mass is 324 g/mol. The molecule has 1 N–H and O–H groups in total. The fourth-order valence-electron chi connectivity index (χ4n) is 4.29. The fraction of sp³-hybridized carbons (Fsp3) is 0.455. The van der Waals surface area contributed by atoms with Gasteiger partial charge in [0.05, 0.1) is 0 Å². The van der Waals surface area contributed by atoms with Crippen LogP contribution in [-0.2, 0) is 5.41 Å². The van der Waals surface area contributed by atoms with Crippen LogP contribution in [0.2, 0.25) is 0 Å². The predicted octanol–water partition coefficient (Wildman–Crippen LogP) is 5.49. The minimum Gasteiger partial charge on any atom is -0.507 e. The molecule has 0 aromatic heterocycles. The number of hydrogen-bond acceptors (Lipinski definition) is 2. The summed E-state index contributed by atoms with van der Waals surface area (Å²) < 4.78 is 6.36. The van der Waals surface area contributed by atoms with Gasteiger partial charge >= 0.3 is 0 Å². The summed E-state index contributed by atoms with van der Waals surface area (Å²) in [5, 5.41) is 10.2. The van der Waals surface area contributed by atoms with Crippen molar-refractivity contribution in [3.8, 4) is 11.5 Å². The van der Waals surface area contributed by atoms with Gasteiger partial charge in [0.15, 0.2) is 0 Å². The van der Waals surface area contributed by atoms with Crippen molar-refractivity contribution in [1.29, 1.82) is 0 Å². The van der Waals surface area contributed by atoms with Crippen LogP contribution in [0.1, 0.15) is 60.6 Å². The molecule has 1 aliphatic heterocycles. The molecule has 1 heterocycles. The molecule has 0 amide bonds. The highest BCUT2D eigenvalue weighted by Crippen LogP contribution is 2.50. The molecule has 0 bridgehead atoms. The van der Waals surface area contributed by atoms with Crippen molar-refractivity contribution >= 4 is 0 Å². The van der Waals surface area contributed by atoms with Gasteiger partial charge in [0.1, 0.15) is 17.1 Å². The number of hydrogen-bond donors (Lipinski definition) is 1. The SMILES string of the molecule is Cc1cc(C)c2c(c1)C(C)(c1cc(C)c(O)c(C)c1)CC(C)(C)O2. The van der Waals surface area contributed by atoms with Gasteiger partial charge in [0.25, 0.3) is 0 Å². The number of phenols is 1. The van der Waals surface area contributed by atoms with E-state index < -0.39 is 0 Å². The van der Waals surface area contributed by atoms with Gasteiger partial charge in [0, 0.05) is 17.4 Å². The average molecular weight is 324 g/mol. The maximum Gasteiger partial charge on any atom is 0.127 e. The Labute approximate surface area is 145 Å². The zero-order valence-corrected chi connectivity index (χ0v) is 15.9. The molecule has 2 heteroatoms. The number of phenolic OH excluding ortho intramolecular Hbond substituents is 1. The Bertz CT molecular complexity index is 794. The van der Waals surface area contributed by atoms with E-state index in [-0.39, 0.29) is 11.0 Å². The van der Waals surface area contributed by atoms with Gasteiger partial charge in [-0.15, -0.1) is 0 Å². The predicted molar refractivity (Wildman–Crippen MR) is 99.3 cm³/mol. The zero-order chi connectivity index (χ0) is 17.9. The number of fused-ring (bicyclic) bond motifs is 1. The van der Waals surface area contributed by atoms with Gasteiger partial charge < -0.3 is 9.84 Å². The first kappa shape index (κ1) is 16.9. The highest BCUT2D eigenvalue weighted by atomic mass is 16.5. The van der Waals surface area contributed by atoms with Crippen LogP contribution in [0.5, 0.6) is 11.5 Å². The van der Waals surface area contributed by atoms with E-state index in [0.717, 1.165) is 23.3 Å². The first-order valence-corrected chi connectivity index (χ1v) is 8.65. The Balaban J connectivity index is 2.31. The molecule has 1 aliphatic rings. The third-order valence-corrected chi connectivity index (χ3v) is 5.30. The van der Waals surface area contributed by atoms with E-state index in [0.29, 0.717) is 5.75 Å². The lowest BCUT2D eigenvalue weighted by atomic mass is 9.67. The van der Waals surface area contributed by atoms with Crippen LogP contribution in [0.4, 0.5) is 0 Å². The summed E-state index contributed by atoms with van der Waals surface area (Å²) in [5.74, 6) is 1.41. The van der Waals surface area contributed by atoms with Gasteiger partial charge in [0.2, 0.25) is 0 Å². The van der Waals surface area contributed by atoms with Crippen LogP contribution in [0.15, 0.2) is 24.3 Å². The van der Waals surface area contributed by atoms with E-state index in [1.807, 2.05) is 13.8 Å². The minimum absolute atomic E-state index is 0.142. The standard InChI is InChI=1S/C22H28O2/c1-13-8-16(4)20-18(9-13)22(7,12-21(5,6)24-20)17-10-14(2)19(23)15(3)11-17/h8-11,23H,12H2,1-7H3. The molecule has 24 heavy (non-hydrogen) atoms. The number of aromatic hydroxyl groups is 1. The van der Waals surface area contributed by atoms with Gasteiger partial charge in [-0.25, -0.2) is 0 Å². The topological polar surface area (TPSA) is 29.5 Å². The zero-order valence-electron chi connectivity index (χ0n) is 15.9. The van der Waals surface area contributed by atoms with E-state index in [9.17, 15) is 5.11 Å². The van der Waals surface area contributed by atoms with Crippen LogP contribution < -0.4 is 4.74 Å². The van der Waals surface area contributed by atoms with Crippen molar-refractivity contribution in [2.45, 2.75) is 65.9 Å². The molecule has 2 aromatic carbocycles. The van der Waals surface area contributed by atoms with Gasteiger partial charge in [-0.2, -0.15) is 0 Å². The second-order valence-corrected chi connectivity index (χ2v) is 8.29. The Kier molecular flexibility index (Phi) is 3.71. The highest BCUT2D eigenvalue weighted by molar-refractivity contribution is 5.56. The summed E-state index contributed by atoms with van der Waals surface area (Å²) >= 11 is 0. The number of rotatable bonds is 1. The average Bonchev–Trinajstić information content (AvgIpc) is 2.45. The summed E-state index contributed by atoms with van der Waals surface area (Å²) in [5.41, 5.74) is 6.44. The van der Waals surface area contributed by atoms with E-state index in [1.165, 1.54) is 22.3 Å². The first-order chi connectivity index (χ1) is 11.0. The fourth-order valence-corrected chi connectivity index (χ4v) is 4.29. The maximum absolute atomic E-state index is 10.2. The Morgan fingerprint density at radius 1 is 0.875 bits per heavy atom. The molecule has 0 saturated heterocycles. The van der Waals surface area contributed by atoms with Crippen LogP contribution in [0, 0.1) is 27.7 Å². The molecular formula is C22H28O2. The van der Waals surface area contributed by atoms with Gasteiger partial charge in [-0.3, -0.25) is 0 Å². The molecule has 2 nitrogen and oxygen atoms in total. The van der Waals surface area contributed by atoms with E-state index in [2.05, 4.69) is 58.9 Å². The molecule has 0 aliphatic carbocycles. The first-order valence-electron chi connectivity index (χ1n) is 8.65. The number of aryl methyl sites for hydroxylation is 4. The molecule has 1 atom stereocenters. The molecular weight excluding hydrogens is 296 g/mol.